The van der Waals surface area contributed by atoms with Crippen molar-refractivity contribution in [2.75, 3.05) is 24.0 Å². The van der Waals surface area contributed by atoms with Gasteiger partial charge in [0, 0.05) is 0 Å². The van der Waals surface area contributed by atoms with Gasteiger partial charge in [-0.05, 0) is 36.9 Å². The summed E-state index contributed by atoms with van der Waals surface area (Å²) >= 11 is 0. The SMILES string of the molecule is CCCCS(C)(C)CCC. The highest BCUT2D eigenvalue weighted by Crippen LogP contribution is 2.40. The molecule has 1 heteroatoms. The Kier molecular flexibility index (Phi) is 5.24. The van der Waals surface area contributed by atoms with Gasteiger partial charge in [0.1, 0.15) is 0 Å². The molecule has 10 heavy (non-hydrogen) atoms. The van der Waals surface area contributed by atoms with Gasteiger partial charge in [-0.15, -0.1) is 0 Å². The van der Waals surface area contributed by atoms with Crippen molar-refractivity contribution in [2.24, 2.45) is 0 Å². The summed E-state index contributed by atoms with van der Waals surface area (Å²) in [4.78, 5) is 0. The number of rotatable bonds is 5. The van der Waals surface area contributed by atoms with Gasteiger partial charge in [0.25, 0.3) is 0 Å². The Morgan fingerprint density at radius 2 is 1.50 bits per heavy atom. The zero-order chi connectivity index (χ0) is 8.04. The van der Waals surface area contributed by atoms with Gasteiger partial charge in [-0.3, -0.25) is 0 Å². The van der Waals surface area contributed by atoms with Crippen LogP contribution in [0.15, 0.2) is 0 Å². The second-order valence-corrected chi connectivity index (χ2v) is 7.88. The van der Waals surface area contributed by atoms with Gasteiger partial charge in [0.15, 0.2) is 0 Å². The van der Waals surface area contributed by atoms with E-state index < -0.39 is 0 Å². The molecule has 64 valence electrons. The Hall–Kier alpha value is 0.350. The van der Waals surface area contributed by atoms with Crippen LogP contribution in [-0.4, -0.2) is 24.0 Å². The molecule has 0 aliphatic carbocycles. The zero-order valence-corrected chi connectivity index (χ0v) is 8.76. The summed E-state index contributed by atoms with van der Waals surface area (Å²) in [6.07, 6.45) is 9.09. The summed E-state index contributed by atoms with van der Waals surface area (Å²) in [7, 11) is -0.194. The van der Waals surface area contributed by atoms with Crippen molar-refractivity contribution < 1.29 is 0 Å². The number of hydrogen-bond donors (Lipinski definition) is 0. The average Bonchev–Trinajstić information content (AvgIpc) is 1.84. The average molecular weight is 162 g/mol. The van der Waals surface area contributed by atoms with Crippen molar-refractivity contribution in [3.8, 4) is 0 Å². The molecule has 0 aliphatic heterocycles. The molecule has 0 rings (SSSR count). The van der Waals surface area contributed by atoms with Gasteiger partial charge >= 0.3 is 0 Å². The second kappa shape index (κ2) is 5.06. The second-order valence-electron chi connectivity index (χ2n) is 3.53. The fourth-order valence-electron chi connectivity index (χ4n) is 1.19. The Balaban J connectivity index is 3.42. The first-order valence-electron chi connectivity index (χ1n) is 4.31. The van der Waals surface area contributed by atoms with E-state index in [0.717, 1.165) is 0 Å². The zero-order valence-electron chi connectivity index (χ0n) is 7.94. The summed E-state index contributed by atoms with van der Waals surface area (Å²) < 4.78 is 0. The fourth-order valence-corrected chi connectivity index (χ4v) is 3.57. The molecule has 0 saturated carbocycles. The van der Waals surface area contributed by atoms with Crippen LogP contribution in [0.5, 0.6) is 0 Å². The summed E-state index contributed by atoms with van der Waals surface area (Å²) in [6, 6.07) is 0. The highest BCUT2D eigenvalue weighted by molar-refractivity contribution is 8.32. The topological polar surface area (TPSA) is 0 Å². The summed E-state index contributed by atoms with van der Waals surface area (Å²) in [5, 5.41) is 0. The van der Waals surface area contributed by atoms with Crippen molar-refractivity contribution in [1.82, 2.24) is 0 Å². The van der Waals surface area contributed by atoms with Gasteiger partial charge in [0.05, 0.1) is 0 Å². The minimum Gasteiger partial charge on any atom is -0.247 e. The number of hydrogen-bond acceptors (Lipinski definition) is 0. The lowest BCUT2D eigenvalue weighted by Crippen LogP contribution is -2.04. The normalized spacial score (nSPS) is 13.6. The molecule has 0 aromatic rings. The molecular formula is C9H22S. The first-order chi connectivity index (χ1) is 4.62. The molecule has 0 aromatic carbocycles. The predicted molar refractivity (Wildman–Crippen MR) is 54.4 cm³/mol. The molecule has 0 unspecified atom stereocenters. The van der Waals surface area contributed by atoms with Gasteiger partial charge in [-0.1, -0.05) is 20.3 Å². The Labute approximate surface area is 67.7 Å². The molecule has 0 bridgehead atoms. The molecule has 0 aromatic heterocycles. The van der Waals surface area contributed by atoms with Crippen LogP contribution in [-0.2, 0) is 0 Å². The monoisotopic (exact) mass is 162 g/mol. The minimum atomic E-state index is -0.194. The van der Waals surface area contributed by atoms with Crippen LogP contribution >= 0.6 is 10.0 Å². The Morgan fingerprint density at radius 1 is 0.900 bits per heavy atom. The van der Waals surface area contributed by atoms with Crippen molar-refractivity contribution in [3.05, 3.63) is 0 Å². The van der Waals surface area contributed by atoms with E-state index in [1.807, 2.05) is 0 Å². The van der Waals surface area contributed by atoms with E-state index >= 15 is 0 Å². The van der Waals surface area contributed by atoms with Crippen LogP contribution in [0.1, 0.15) is 33.1 Å². The third-order valence-corrected chi connectivity index (χ3v) is 4.71. The number of unbranched alkanes of at least 4 members (excludes halogenated alkanes) is 1. The molecular weight excluding hydrogens is 140 g/mol. The highest BCUT2D eigenvalue weighted by Gasteiger charge is 2.08. The van der Waals surface area contributed by atoms with Crippen molar-refractivity contribution >= 4 is 10.0 Å². The smallest absolute Gasteiger partial charge is 0.0233 e. The van der Waals surface area contributed by atoms with E-state index in [4.69, 9.17) is 0 Å². The lowest BCUT2D eigenvalue weighted by Gasteiger charge is -2.30. The molecule has 0 aliphatic rings. The maximum absolute atomic E-state index is 2.46. The third kappa shape index (κ3) is 5.16. The van der Waals surface area contributed by atoms with Crippen molar-refractivity contribution in [2.45, 2.75) is 33.1 Å². The first kappa shape index (κ1) is 10.3. The molecule has 0 fully saturated rings. The Bertz CT molecular complexity index is 76.8. The van der Waals surface area contributed by atoms with E-state index in [-0.39, 0.29) is 10.0 Å². The van der Waals surface area contributed by atoms with Crippen LogP contribution in [0.25, 0.3) is 0 Å². The summed E-state index contributed by atoms with van der Waals surface area (Å²) in [5.74, 6) is 2.95. The standard InChI is InChI=1S/C9H22S/c1-5-7-9-10(3,4)8-6-2/h5-9H2,1-4H3. The molecule has 0 radical (unpaired) electrons. The first-order valence-corrected chi connectivity index (χ1v) is 7.10. The third-order valence-electron chi connectivity index (χ3n) is 1.81. The largest absolute Gasteiger partial charge is 0.247 e. The van der Waals surface area contributed by atoms with Crippen molar-refractivity contribution in [1.29, 1.82) is 0 Å². The quantitative estimate of drug-likeness (QED) is 0.582. The van der Waals surface area contributed by atoms with Crippen LogP contribution in [0.2, 0.25) is 0 Å². The van der Waals surface area contributed by atoms with Crippen LogP contribution in [0.4, 0.5) is 0 Å². The summed E-state index contributed by atoms with van der Waals surface area (Å²) in [6.45, 7) is 4.57. The molecule has 0 atom stereocenters. The maximum Gasteiger partial charge on any atom is -0.0233 e. The summed E-state index contributed by atoms with van der Waals surface area (Å²) in [5.41, 5.74) is 0. The van der Waals surface area contributed by atoms with Gasteiger partial charge in [-0.2, -0.15) is 0 Å². The van der Waals surface area contributed by atoms with Gasteiger partial charge in [-0.25, -0.2) is 10.0 Å². The van der Waals surface area contributed by atoms with E-state index in [2.05, 4.69) is 26.4 Å². The van der Waals surface area contributed by atoms with Gasteiger partial charge in [0.2, 0.25) is 0 Å². The molecule has 0 spiro atoms. The fraction of sp³-hybridized carbons (Fsp3) is 1.00. The van der Waals surface area contributed by atoms with Gasteiger partial charge < -0.3 is 0 Å². The van der Waals surface area contributed by atoms with Crippen LogP contribution in [0.3, 0.4) is 0 Å². The van der Waals surface area contributed by atoms with E-state index in [0.29, 0.717) is 0 Å². The molecule has 0 amide bonds. The lowest BCUT2D eigenvalue weighted by atomic mass is 10.4. The van der Waals surface area contributed by atoms with Crippen LogP contribution < -0.4 is 0 Å². The highest BCUT2D eigenvalue weighted by atomic mass is 32.3. The van der Waals surface area contributed by atoms with Crippen molar-refractivity contribution in [3.63, 3.8) is 0 Å². The predicted octanol–water partition coefficient (Wildman–Crippen LogP) is 3.26. The maximum atomic E-state index is 2.46. The Morgan fingerprint density at radius 3 is 1.90 bits per heavy atom. The van der Waals surface area contributed by atoms with E-state index in [9.17, 15) is 0 Å². The lowest BCUT2D eigenvalue weighted by molar-refractivity contribution is 0.889. The molecule has 0 nitrogen and oxygen atoms in total. The molecule has 0 heterocycles. The van der Waals surface area contributed by atoms with E-state index in [1.165, 1.54) is 30.8 Å². The minimum absolute atomic E-state index is 0.194. The van der Waals surface area contributed by atoms with Crippen LogP contribution in [0, 0.1) is 0 Å². The molecule has 0 N–H and O–H groups in total. The van der Waals surface area contributed by atoms with E-state index in [1.54, 1.807) is 0 Å². The molecule has 0 saturated heterocycles.